The van der Waals surface area contributed by atoms with Gasteiger partial charge in [0.25, 0.3) is 0 Å². The molecule has 0 saturated carbocycles. The molecule has 1 aliphatic heterocycles. The van der Waals surface area contributed by atoms with Crippen molar-refractivity contribution in [2.75, 3.05) is 17.4 Å². The third kappa shape index (κ3) is 3.06. The van der Waals surface area contributed by atoms with E-state index in [1.54, 1.807) is 18.3 Å². The largest absolute Gasteiger partial charge is 0.480 e. The molecule has 2 heterocycles. The van der Waals surface area contributed by atoms with Gasteiger partial charge in [-0.15, -0.1) is 0 Å². The molecule has 0 saturated heterocycles. The Bertz CT molecular complexity index is 604. The number of carboxylic acid groups (broad SMARTS) is 1. The Morgan fingerprint density at radius 1 is 1.60 bits per heavy atom. The Balaban J connectivity index is 2.17. The number of carbonyl (C=O) groups is 1. The molecule has 0 fully saturated rings. The summed E-state index contributed by atoms with van der Waals surface area (Å²) in [4.78, 5) is 14.8. The predicted molar refractivity (Wildman–Crippen MR) is 72.4 cm³/mol. The summed E-state index contributed by atoms with van der Waals surface area (Å²) in [6.07, 6.45) is 3.00. The fourth-order valence-corrected chi connectivity index (χ4v) is 3.31. The third-order valence-corrected chi connectivity index (χ3v) is 4.49. The minimum Gasteiger partial charge on any atom is -0.480 e. The van der Waals surface area contributed by atoms with E-state index in [1.807, 2.05) is 0 Å². The average molecular weight is 300 g/mol. The molecular formula is C11H16N4O4S. The second-order valence-corrected chi connectivity index (χ2v) is 6.12. The second-order valence-electron chi connectivity index (χ2n) is 4.44. The quantitative estimate of drug-likeness (QED) is 0.645. The normalized spacial score (nSPS) is 16.6. The van der Waals surface area contributed by atoms with Gasteiger partial charge in [0.1, 0.15) is 6.04 Å². The van der Waals surface area contributed by atoms with Crippen LogP contribution in [0.5, 0.6) is 0 Å². The van der Waals surface area contributed by atoms with Crippen LogP contribution in [0.1, 0.15) is 12.1 Å². The third-order valence-electron chi connectivity index (χ3n) is 3.00. The van der Waals surface area contributed by atoms with Gasteiger partial charge in [0, 0.05) is 19.3 Å². The van der Waals surface area contributed by atoms with E-state index in [9.17, 15) is 13.2 Å². The monoisotopic (exact) mass is 300 g/mol. The highest BCUT2D eigenvalue weighted by Crippen LogP contribution is 2.26. The Hall–Kier alpha value is -1.71. The van der Waals surface area contributed by atoms with Crippen LogP contribution in [0.2, 0.25) is 0 Å². The van der Waals surface area contributed by atoms with Crippen LogP contribution in [0, 0.1) is 0 Å². The zero-order valence-corrected chi connectivity index (χ0v) is 11.5. The van der Waals surface area contributed by atoms with Crippen molar-refractivity contribution in [3.63, 3.8) is 0 Å². The molecule has 1 atom stereocenters. The molecule has 1 aromatic rings. The number of hydrogen-bond donors (Lipinski definition) is 3. The smallest absolute Gasteiger partial charge is 0.321 e. The van der Waals surface area contributed by atoms with E-state index in [-0.39, 0.29) is 6.54 Å². The molecule has 0 aliphatic carbocycles. The zero-order valence-electron chi connectivity index (χ0n) is 10.7. The second kappa shape index (κ2) is 5.73. The molecule has 1 unspecified atom stereocenters. The number of aromatic nitrogens is 1. The Kier molecular flexibility index (Phi) is 4.21. The summed E-state index contributed by atoms with van der Waals surface area (Å²) < 4.78 is 27.8. The van der Waals surface area contributed by atoms with E-state index in [4.69, 9.17) is 10.8 Å². The van der Waals surface area contributed by atoms with E-state index >= 15 is 0 Å². The Labute approximate surface area is 116 Å². The van der Waals surface area contributed by atoms with Crippen molar-refractivity contribution in [3.8, 4) is 0 Å². The maximum atomic E-state index is 12.2. The predicted octanol–water partition coefficient (Wildman–Crippen LogP) is -0.919. The van der Waals surface area contributed by atoms with Gasteiger partial charge in [-0.1, -0.05) is 0 Å². The van der Waals surface area contributed by atoms with Gasteiger partial charge in [-0.2, -0.15) is 13.1 Å². The number of nitrogens with zero attached hydrogens (tertiary/aromatic N) is 2. The van der Waals surface area contributed by atoms with Crippen LogP contribution in [0.25, 0.3) is 0 Å². The lowest BCUT2D eigenvalue weighted by molar-refractivity contribution is -0.138. The van der Waals surface area contributed by atoms with Gasteiger partial charge >= 0.3 is 16.2 Å². The van der Waals surface area contributed by atoms with Gasteiger partial charge in [0.2, 0.25) is 0 Å². The van der Waals surface area contributed by atoms with Crippen LogP contribution < -0.4 is 14.8 Å². The average Bonchev–Trinajstić information content (AvgIpc) is 2.44. The van der Waals surface area contributed by atoms with Gasteiger partial charge in [0.05, 0.1) is 11.4 Å². The maximum Gasteiger partial charge on any atom is 0.321 e. The fourth-order valence-electron chi connectivity index (χ4n) is 1.97. The molecule has 4 N–H and O–H groups in total. The molecule has 9 heteroatoms. The number of nitrogens with two attached hydrogens (primary N) is 1. The minimum absolute atomic E-state index is 0.330. The molecule has 0 bridgehead atoms. The minimum atomic E-state index is -3.83. The standard InChI is InChI=1S/C11H16N4O4S/c12-8(11(16)17)7-14-20(18,19)15-6-2-3-9-10(15)4-1-5-13-9/h1,4-5,8,14H,2-3,6-7,12H2,(H,16,17). The molecule has 1 aliphatic rings. The molecule has 1 aromatic heterocycles. The van der Waals surface area contributed by atoms with Crippen molar-refractivity contribution in [3.05, 3.63) is 24.0 Å². The van der Waals surface area contributed by atoms with E-state index in [2.05, 4.69) is 9.71 Å². The number of rotatable bonds is 5. The van der Waals surface area contributed by atoms with E-state index in [0.717, 1.165) is 6.42 Å². The number of anilines is 1. The topological polar surface area (TPSA) is 126 Å². The van der Waals surface area contributed by atoms with Gasteiger partial charge in [-0.3, -0.25) is 14.1 Å². The summed E-state index contributed by atoms with van der Waals surface area (Å²) in [5, 5.41) is 8.66. The lowest BCUT2D eigenvalue weighted by atomic mass is 10.1. The Morgan fingerprint density at radius 2 is 2.35 bits per heavy atom. The summed E-state index contributed by atoms with van der Waals surface area (Å²) in [7, 11) is -3.83. The summed E-state index contributed by atoms with van der Waals surface area (Å²) in [5.74, 6) is -1.26. The van der Waals surface area contributed by atoms with Crippen LogP contribution >= 0.6 is 0 Å². The van der Waals surface area contributed by atoms with E-state index in [0.29, 0.717) is 24.3 Å². The van der Waals surface area contributed by atoms with Crippen molar-refractivity contribution < 1.29 is 18.3 Å². The van der Waals surface area contributed by atoms with Crippen molar-refractivity contribution in [1.82, 2.24) is 9.71 Å². The molecule has 0 aromatic carbocycles. The first-order valence-corrected chi connectivity index (χ1v) is 7.55. The first kappa shape index (κ1) is 14.7. The number of aliphatic carboxylic acids is 1. The summed E-state index contributed by atoms with van der Waals surface area (Å²) in [6, 6.07) is 2.07. The fraction of sp³-hybridized carbons (Fsp3) is 0.455. The van der Waals surface area contributed by atoms with Crippen LogP contribution in [0.4, 0.5) is 5.69 Å². The van der Waals surface area contributed by atoms with E-state index < -0.39 is 22.2 Å². The highest BCUT2D eigenvalue weighted by molar-refractivity contribution is 7.90. The molecular weight excluding hydrogens is 284 g/mol. The zero-order chi connectivity index (χ0) is 14.8. The van der Waals surface area contributed by atoms with Crippen molar-refractivity contribution >= 4 is 21.9 Å². The van der Waals surface area contributed by atoms with Gasteiger partial charge in [0.15, 0.2) is 0 Å². The lowest BCUT2D eigenvalue weighted by Crippen LogP contribution is -2.49. The number of hydrogen-bond acceptors (Lipinski definition) is 5. The number of carboxylic acids is 1. The van der Waals surface area contributed by atoms with Crippen molar-refractivity contribution in [1.29, 1.82) is 0 Å². The molecule has 0 spiro atoms. The van der Waals surface area contributed by atoms with Crippen LogP contribution in [0.15, 0.2) is 18.3 Å². The van der Waals surface area contributed by atoms with Crippen LogP contribution in [0.3, 0.4) is 0 Å². The van der Waals surface area contributed by atoms with Crippen molar-refractivity contribution in [2.24, 2.45) is 5.73 Å². The van der Waals surface area contributed by atoms with Gasteiger partial charge in [-0.05, 0) is 25.0 Å². The molecule has 2 rings (SSSR count). The summed E-state index contributed by atoms with van der Waals surface area (Å²) in [5.41, 5.74) is 6.53. The SMILES string of the molecule is NC(CNS(=O)(=O)N1CCCc2ncccc21)C(=O)O. The summed E-state index contributed by atoms with van der Waals surface area (Å²) in [6.45, 7) is -0.0277. The molecule has 8 nitrogen and oxygen atoms in total. The van der Waals surface area contributed by atoms with E-state index in [1.165, 1.54) is 4.31 Å². The number of pyridine rings is 1. The van der Waals surface area contributed by atoms with Crippen LogP contribution in [-0.4, -0.2) is 43.6 Å². The number of aryl methyl sites for hydroxylation is 1. The summed E-state index contributed by atoms with van der Waals surface area (Å²) >= 11 is 0. The highest BCUT2D eigenvalue weighted by Gasteiger charge is 2.28. The van der Waals surface area contributed by atoms with Crippen molar-refractivity contribution in [2.45, 2.75) is 18.9 Å². The highest BCUT2D eigenvalue weighted by atomic mass is 32.2. The van der Waals surface area contributed by atoms with Gasteiger partial charge in [-0.25, -0.2) is 0 Å². The molecule has 110 valence electrons. The Morgan fingerprint density at radius 3 is 3.05 bits per heavy atom. The van der Waals surface area contributed by atoms with Crippen LogP contribution in [-0.2, 0) is 21.4 Å². The molecule has 0 radical (unpaired) electrons. The lowest BCUT2D eigenvalue weighted by Gasteiger charge is -2.29. The number of fused-ring (bicyclic) bond motifs is 1. The first-order valence-electron chi connectivity index (χ1n) is 6.11. The maximum absolute atomic E-state index is 12.2. The molecule has 20 heavy (non-hydrogen) atoms. The number of nitrogens with one attached hydrogen (secondary N) is 1. The van der Waals surface area contributed by atoms with Gasteiger partial charge < -0.3 is 10.8 Å². The molecule has 0 amide bonds. The first-order chi connectivity index (χ1) is 9.42.